The van der Waals surface area contributed by atoms with E-state index in [9.17, 15) is 18.3 Å². The molecule has 0 aliphatic carbocycles. The molecule has 0 spiro atoms. The molecule has 0 aliphatic rings. The first-order chi connectivity index (χ1) is 19.0. The maximum Gasteiger partial charge on any atom is 0.337 e. The van der Waals surface area contributed by atoms with Crippen molar-refractivity contribution in [3.63, 3.8) is 0 Å². The zero-order valence-corrected chi connectivity index (χ0v) is 24.6. The molecule has 3 aromatic carbocycles. The number of benzene rings is 3. The fraction of sp³-hybridized carbons (Fsp3) is 0.241. The lowest BCUT2D eigenvalue weighted by molar-refractivity contribution is 0.0692. The number of carboxylic acids is 1. The van der Waals surface area contributed by atoms with Crippen LogP contribution in [0.3, 0.4) is 0 Å². The van der Waals surface area contributed by atoms with E-state index < -0.39 is 16.0 Å². The summed E-state index contributed by atoms with van der Waals surface area (Å²) < 4.78 is 40.0. The van der Waals surface area contributed by atoms with Crippen LogP contribution in [-0.2, 0) is 16.6 Å². The van der Waals surface area contributed by atoms with Crippen LogP contribution in [-0.4, -0.2) is 31.2 Å². The Balaban J connectivity index is 1.65. The Morgan fingerprint density at radius 1 is 1.07 bits per heavy atom. The van der Waals surface area contributed by atoms with Crippen LogP contribution in [0.4, 0.5) is 5.69 Å². The third-order valence-corrected chi connectivity index (χ3v) is 8.91. The molecule has 0 saturated heterocycles. The van der Waals surface area contributed by atoms with Gasteiger partial charge in [-0.15, -0.1) is 0 Å². The van der Waals surface area contributed by atoms with Gasteiger partial charge in [0.2, 0.25) is 0 Å². The van der Waals surface area contributed by atoms with Crippen molar-refractivity contribution in [3.8, 4) is 17.0 Å². The lowest BCUT2D eigenvalue weighted by atomic mass is 10.0. The average Bonchev–Trinajstić information content (AvgIpc) is 3.32. The summed E-state index contributed by atoms with van der Waals surface area (Å²) in [5.74, 6) is -0.169. The molecule has 0 amide bonds. The van der Waals surface area contributed by atoms with Crippen molar-refractivity contribution in [1.29, 1.82) is 0 Å². The van der Waals surface area contributed by atoms with Crippen molar-refractivity contribution >= 4 is 44.9 Å². The number of aryl methyl sites for hydroxylation is 1. The zero-order valence-electron chi connectivity index (χ0n) is 22.3. The minimum atomic E-state index is -4.16. The second-order valence-electron chi connectivity index (χ2n) is 9.33. The number of ether oxygens (including phenoxy) is 1. The number of nitrogens with zero attached hydrogens (tertiary/aromatic N) is 2. The van der Waals surface area contributed by atoms with Crippen molar-refractivity contribution in [2.45, 2.75) is 45.1 Å². The molecule has 4 rings (SSSR count). The Hall–Kier alpha value is -3.53. The largest absolute Gasteiger partial charge is 0.489 e. The van der Waals surface area contributed by atoms with Gasteiger partial charge in [0.1, 0.15) is 28.7 Å². The molecule has 1 N–H and O–H groups in total. The minimum absolute atomic E-state index is 0.0159. The van der Waals surface area contributed by atoms with Crippen LogP contribution >= 0.6 is 23.2 Å². The van der Waals surface area contributed by atoms with Gasteiger partial charge >= 0.3 is 5.97 Å². The van der Waals surface area contributed by atoms with Gasteiger partial charge in [-0.3, -0.25) is 4.31 Å². The summed E-state index contributed by atoms with van der Waals surface area (Å²) in [5, 5.41) is 14.6. The minimum Gasteiger partial charge on any atom is -0.489 e. The van der Waals surface area contributed by atoms with Gasteiger partial charge in [-0.1, -0.05) is 60.4 Å². The molecule has 0 saturated carbocycles. The number of hydrogen-bond acceptors (Lipinski definition) is 6. The van der Waals surface area contributed by atoms with Crippen molar-refractivity contribution in [2.24, 2.45) is 0 Å². The highest BCUT2D eigenvalue weighted by Gasteiger charge is 2.29. The van der Waals surface area contributed by atoms with E-state index in [1.54, 1.807) is 50.2 Å². The highest BCUT2D eigenvalue weighted by molar-refractivity contribution is 7.93. The molecule has 40 heavy (non-hydrogen) atoms. The summed E-state index contributed by atoms with van der Waals surface area (Å²) in [6.07, 6.45) is 0. The lowest BCUT2D eigenvalue weighted by Gasteiger charge is -2.25. The van der Waals surface area contributed by atoms with Gasteiger partial charge in [0.15, 0.2) is 0 Å². The maximum atomic E-state index is 13.5. The van der Waals surface area contributed by atoms with E-state index in [0.29, 0.717) is 49.6 Å². The molecule has 4 aromatic rings. The number of anilines is 1. The number of rotatable bonds is 10. The fourth-order valence-corrected chi connectivity index (χ4v) is 6.75. The summed E-state index contributed by atoms with van der Waals surface area (Å²) >= 11 is 12.9. The predicted molar refractivity (Wildman–Crippen MR) is 155 cm³/mol. The zero-order chi connectivity index (χ0) is 29.2. The van der Waals surface area contributed by atoms with Crippen molar-refractivity contribution in [2.75, 3.05) is 10.8 Å². The maximum absolute atomic E-state index is 13.5. The van der Waals surface area contributed by atoms with Gasteiger partial charge in [-0.25, -0.2) is 13.2 Å². The first-order valence-electron chi connectivity index (χ1n) is 12.5. The molecule has 11 heteroatoms. The third kappa shape index (κ3) is 5.68. The van der Waals surface area contributed by atoms with Gasteiger partial charge in [0, 0.05) is 18.0 Å². The van der Waals surface area contributed by atoms with Crippen molar-refractivity contribution < 1.29 is 27.6 Å². The number of carboxylic acid groups (broad SMARTS) is 1. The number of aromatic nitrogens is 1. The van der Waals surface area contributed by atoms with E-state index in [0.717, 1.165) is 0 Å². The molecule has 8 nitrogen and oxygen atoms in total. The molecule has 1 aromatic heterocycles. The first kappa shape index (κ1) is 29.5. The van der Waals surface area contributed by atoms with Crippen LogP contribution in [0.15, 0.2) is 70.1 Å². The molecular weight excluding hydrogens is 575 g/mol. The summed E-state index contributed by atoms with van der Waals surface area (Å²) in [6, 6.07) is 15.8. The average molecular weight is 604 g/mol. The molecule has 1 heterocycles. The van der Waals surface area contributed by atoms with E-state index in [4.69, 9.17) is 32.5 Å². The van der Waals surface area contributed by atoms with E-state index in [2.05, 4.69) is 5.16 Å². The molecule has 0 atom stereocenters. The van der Waals surface area contributed by atoms with Crippen molar-refractivity contribution in [3.05, 3.63) is 93.2 Å². The summed E-state index contributed by atoms with van der Waals surface area (Å²) in [4.78, 5) is 11.4. The third-order valence-electron chi connectivity index (χ3n) is 6.34. The highest BCUT2D eigenvalue weighted by Crippen LogP contribution is 2.39. The molecule has 0 aliphatic heterocycles. The van der Waals surface area contributed by atoms with Gasteiger partial charge < -0.3 is 14.4 Å². The Labute approximate surface area is 243 Å². The Morgan fingerprint density at radius 2 is 1.75 bits per heavy atom. The Kier molecular flexibility index (Phi) is 8.77. The summed E-state index contributed by atoms with van der Waals surface area (Å²) in [5.41, 5.74) is 2.49. The van der Waals surface area contributed by atoms with Gasteiger partial charge in [-0.2, -0.15) is 0 Å². The van der Waals surface area contributed by atoms with Crippen LogP contribution in [0.2, 0.25) is 10.0 Å². The molecule has 0 bridgehead atoms. The highest BCUT2D eigenvalue weighted by atomic mass is 35.5. The summed E-state index contributed by atoms with van der Waals surface area (Å²) in [7, 11) is -4.16. The smallest absolute Gasteiger partial charge is 0.337 e. The SMILES string of the molecule is CCN(c1ccc(OCc2c(-c3c(Cl)cccc3Cl)noc2C(C)C)cc1C)S(=O)(=O)c1ccccc1C(=O)O. The Morgan fingerprint density at radius 3 is 2.35 bits per heavy atom. The van der Waals surface area contributed by atoms with Crippen LogP contribution < -0.4 is 9.04 Å². The summed E-state index contributed by atoms with van der Waals surface area (Å²) in [6.45, 7) is 7.60. The molecule has 0 radical (unpaired) electrons. The second kappa shape index (κ2) is 11.9. The number of halogens is 2. The quantitative estimate of drug-likeness (QED) is 0.199. The van der Waals surface area contributed by atoms with Crippen LogP contribution in [0.5, 0.6) is 5.75 Å². The van der Waals surface area contributed by atoms with Crippen LogP contribution in [0.25, 0.3) is 11.3 Å². The lowest BCUT2D eigenvalue weighted by Crippen LogP contribution is -2.32. The number of carbonyl (C=O) groups is 1. The van der Waals surface area contributed by atoms with Gasteiger partial charge in [0.25, 0.3) is 10.0 Å². The number of aromatic carboxylic acids is 1. The molecular formula is C29H28Cl2N2O6S. The predicted octanol–water partition coefficient (Wildman–Crippen LogP) is 7.57. The molecule has 0 unspecified atom stereocenters. The fourth-order valence-electron chi connectivity index (χ4n) is 4.45. The molecule has 0 fully saturated rings. The number of hydrogen-bond donors (Lipinski definition) is 1. The molecule has 210 valence electrons. The van der Waals surface area contributed by atoms with E-state index >= 15 is 0 Å². The standard InChI is InChI=1S/C29H28Cl2N2O6S/c1-5-33(40(36,37)25-12-7-6-9-20(25)29(34)35)24-14-13-19(15-18(24)4)38-16-21-27(32-39-28(21)17(2)3)26-22(30)10-8-11-23(26)31/h6-15,17H,5,16H2,1-4H3,(H,34,35). The van der Waals surface area contributed by atoms with Crippen molar-refractivity contribution in [1.82, 2.24) is 5.16 Å². The topological polar surface area (TPSA) is 110 Å². The first-order valence-corrected chi connectivity index (χ1v) is 14.7. The number of sulfonamides is 1. The van der Waals surface area contributed by atoms with Gasteiger partial charge in [-0.05, 0) is 61.9 Å². The van der Waals surface area contributed by atoms with E-state index in [1.807, 2.05) is 13.8 Å². The normalized spacial score (nSPS) is 11.6. The van der Waals surface area contributed by atoms with Crippen LogP contribution in [0, 0.1) is 6.92 Å². The second-order valence-corrected chi connectivity index (χ2v) is 12.0. The Bertz CT molecular complexity index is 1650. The van der Waals surface area contributed by atoms with E-state index in [-0.39, 0.29) is 29.5 Å². The van der Waals surface area contributed by atoms with E-state index in [1.165, 1.54) is 28.6 Å². The van der Waals surface area contributed by atoms with Crippen LogP contribution in [0.1, 0.15) is 53.9 Å². The van der Waals surface area contributed by atoms with Gasteiger partial charge in [0.05, 0.1) is 26.9 Å². The monoisotopic (exact) mass is 602 g/mol.